The maximum Gasteiger partial charge on any atom is 0.240 e. The van der Waals surface area contributed by atoms with E-state index in [4.69, 9.17) is 0 Å². The second-order valence-electron chi connectivity index (χ2n) is 8.89. The van der Waals surface area contributed by atoms with Crippen molar-refractivity contribution in [2.24, 2.45) is 5.92 Å². The van der Waals surface area contributed by atoms with E-state index >= 15 is 0 Å². The molecule has 2 amide bonds. The number of amides is 2. The van der Waals surface area contributed by atoms with Gasteiger partial charge in [0.05, 0.1) is 10.8 Å². The number of hydrogen-bond acceptors (Lipinski definition) is 4. The smallest absolute Gasteiger partial charge is 0.240 e. The standard InChI is InChI=1S/C25H31N3O4S/c29-24-17-20(18-28(24)22-9-5-2-6-10-22)25(30)27-21-11-13-23(14-12-21)33(31,32)26-16-15-19-7-3-1-4-8-19/h1,3-4,7-8,11-14,20,22,26H,2,5-6,9-10,15-18H2,(H,27,30)/t20-/m1/s1. The molecule has 4 rings (SSSR count). The molecular formula is C25H31N3O4S. The van der Waals surface area contributed by atoms with Gasteiger partial charge in [-0.15, -0.1) is 0 Å². The highest BCUT2D eigenvalue weighted by Crippen LogP contribution is 2.29. The molecule has 1 atom stereocenters. The van der Waals surface area contributed by atoms with Crippen LogP contribution in [0.1, 0.15) is 44.1 Å². The summed E-state index contributed by atoms with van der Waals surface area (Å²) in [5.41, 5.74) is 1.58. The highest BCUT2D eigenvalue weighted by Gasteiger charge is 2.38. The van der Waals surface area contributed by atoms with Crippen LogP contribution in [0.4, 0.5) is 5.69 Å². The average Bonchev–Trinajstić information content (AvgIpc) is 3.22. The van der Waals surface area contributed by atoms with E-state index in [9.17, 15) is 18.0 Å². The molecular weight excluding hydrogens is 438 g/mol. The summed E-state index contributed by atoms with van der Waals surface area (Å²) in [4.78, 5) is 27.2. The Hall–Kier alpha value is -2.71. The summed E-state index contributed by atoms with van der Waals surface area (Å²) >= 11 is 0. The molecule has 0 aromatic heterocycles. The number of carbonyl (C=O) groups excluding carboxylic acids is 2. The van der Waals surface area contributed by atoms with Gasteiger partial charge in [0.15, 0.2) is 0 Å². The van der Waals surface area contributed by atoms with Crippen LogP contribution in [0.5, 0.6) is 0 Å². The van der Waals surface area contributed by atoms with Gasteiger partial charge in [-0.1, -0.05) is 49.6 Å². The van der Waals surface area contributed by atoms with Crippen LogP contribution in [0.25, 0.3) is 0 Å². The van der Waals surface area contributed by atoms with Crippen LogP contribution in [0, 0.1) is 5.92 Å². The van der Waals surface area contributed by atoms with E-state index in [-0.39, 0.29) is 35.1 Å². The van der Waals surface area contributed by atoms with Crippen molar-refractivity contribution in [1.29, 1.82) is 0 Å². The molecule has 1 aliphatic heterocycles. The zero-order chi connectivity index (χ0) is 23.3. The lowest BCUT2D eigenvalue weighted by molar-refractivity contribution is -0.130. The minimum atomic E-state index is -3.63. The number of carbonyl (C=O) groups is 2. The molecule has 8 heteroatoms. The first-order chi connectivity index (χ1) is 15.9. The third-order valence-electron chi connectivity index (χ3n) is 6.53. The molecule has 2 N–H and O–H groups in total. The normalized spacial score (nSPS) is 19.6. The third kappa shape index (κ3) is 6.00. The highest BCUT2D eigenvalue weighted by molar-refractivity contribution is 7.89. The number of benzene rings is 2. The second kappa shape index (κ2) is 10.5. The van der Waals surface area contributed by atoms with E-state index in [1.807, 2.05) is 35.2 Å². The van der Waals surface area contributed by atoms with Crippen molar-refractivity contribution in [3.8, 4) is 0 Å². The van der Waals surface area contributed by atoms with Crippen LogP contribution in [-0.4, -0.2) is 44.3 Å². The molecule has 1 aliphatic carbocycles. The SMILES string of the molecule is O=C(Nc1ccc(S(=O)(=O)NCCc2ccccc2)cc1)[C@@H]1CC(=O)N(C2CCCCC2)C1. The topological polar surface area (TPSA) is 95.6 Å². The Balaban J connectivity index is 1.29. The maximum atomic E-state index is 12.7. The minimum absolute atomic E-state index is 0.0602. The van der Waals surface area contributed by atoms with Gasteiger partial charge < -0.3 is 10.2 Å². The fraction of sp³-hybridized carbons (Fsp3) is 0.440. The van der Waals surface area contributed by atoms with Crippen molar-refractivity contribution in [2.75, 3.05) is 18.4 Å². The highest BCUT2D eigenvalue weighted by atomic mass is 32.2. The van der Waals surface area contributed by atoms with E-state index < -0.39 is 10.0 Å². The number of likely N-dealkylation sites (tertiary alicyclic amines) is 1. The van der Waals surface area contributed by atoms with Gasteiger partial charge in [0, 0.05) is 31.2 Å². The zero-order valence-corrected chi connectivity index (χ0v) is 19.5. The van der Waals surface area contributed by atoms with Crippen molar-refractivity contribution in [3.05, 3.63) is 60.2 Å². The van der Waals surface area contributed by atoms with Gasteiger partial charge in [0.25, 0.3) is 0 Å². The lowest BCUT2D eigenvalue weighted by Gasteiger charge is -2.31. The molecule has 176 valence electrons. The van der Waals surface area contributed by atoms with Gasteiger partial charge in [-0.3, -0.25) is 9.59 Å². The predicted octanol–water partition coefficient (Wildman–Crippen LogP) is 3.33. The molecule has 2 aliphatic rings. The summed E-state index contributed by atoms with van der Waals surface area (Å²) in [5, 5.41) is 2.84. The van der Waals surface area contributed by atoms with Crippen LogP contribution in [-0.2, 0) is 26.0 Å². The van der Waals surface area contributed by atoms with E-state index in [0.29, 0.717) is 25.2 Å². The fourth-order valence-electron chi connectivity index (χ4n) is 4.67. The average molecular weight is 470 g/mol. The Bertz CT molecular complexity index is 1060. The van der Waals surface area contributed by atoms with Crippen molar-refractivity contribution < 1.29 is 18.0 Å². The summed E-state index contributed by atoms with van der Waals surface area (Å²) < 4.78 is 27.7. The van der Waals surface area contributed by atoms with Gasteiger partial charge in [0.1, 0.15) is 0 Å². The Morgan fingerprint density at radius 2 is 1.67 bits per heavy atom. The van der Waals surface area contributed by atoms with Gasteiger partial charge in [-0.25, -0.2) is 13.1 Å². The summed E-state index contributed by atoms with van der Waals surface area (Å²) in [6, 6.07) is 16.1. The van der Waals surface area contributed by atoms with Gasteiger partial charge >= 0.3 is 0 Å². The molecule has 2 fully saturated rings. The fourth-order valence-corrected chi connectivity index (χ4v) is 5.70. The zero-order valence-electron chi connectivity index (χ0n) is 18.7. The number of nitrogens with zero attached hydrogens (tertiary/aromatic N) is 1. The van der Waals surface area contributed by atoms with Crippen molar-refractivity contribution in [1.82, 2.24) is 9.62 Å². The van der Waals surface area contributed by atoms with E-state index in [2.05, 4.69) is 10.0 Å². The molecule has 1 saturated heterocycles. The Morgan fingerprint density at radius 1 is 0.970 bits per heavy atom. The number of rotatable bonds is 8. The molecule has 0 radical (unpaired) electrons. The quantitative estimate of drug-likeness (QED) is 0.620. The van der Waals surface area contributed by atoms with Gasteiger partial charge in [0.2, 0.25) is 21.8 Å². The molecule has 0 spiro atoms. The first kappa shape index (κ1) is 23.4. The van der Waals surface area contributed by atoms with Crippen LogP contribution in [0.2, 0.25) is 0 Å². The Kier molecular flexibility index (Phi) is 7.45. The first-order valence-corrected chi connectivity index (χ1v) is 13.1. The van der Waals surface area contributed by atoms with Crippen LogP contribution < -0.4 is 10.0 Å². The summed E-state index contributed by atoms with van der Waals surface area (Å²) in [6.45, 7) is 0.769. The van der Waals surface area contributed by atoms with E-state index in [1.54, 1.807) is 12.1 Å². The van der Waals surface area contributed by atoms with Crippen molar-refractivity contribution in [2.45, 2.75) is 55.9 Å². The first-order valence-electron chi connectivity index (χ1n) is 11.7. The molecule has 33 heavy (non-hydrogen) atoms. The molecule has 1 heterocycles. The van der Waals surface area contributed by atoms with Crippen molar-refractivity contribution in [3.63, 3.8) is 0 Å². The van der Waals surface area contributed by atoms with E-state index in [1.165, 1.54) is 18.6 Å². The number of hydrogen-bond donors (Lipinski definition) is 2. The minimum Gasteiger partial charge on any atom is -0.339 e. The van der Waals surface area contributed by atoms with Crippen molar-refractivity contribution >= 4 is 27.5 Å². The third-order valence-corrected chi connectivity index (χ3v) is 8.00. The monoisotopic (exact) mass is 469 g/mol. The second-order valence-corrected chi connectivity index (χ2v) is 10.7. The lowest BCUT2D eigenvalue weighted by Crippen LogP contribution is -2.38. The number of nitrogens with one attached hydrogen (secondary N) is 2. The molecule has 2 aromatic carbocycles. The lowest BCUT2D eigenvalue weighted by atomic mass is 9.94. The number of anilines is 1. The summed E-state index contributed by atoms with van der Waals surface area (Å²) in [5.74, 6) is -0.509. The summed E-state index contributed by atoms with van der Waals surface area (Å²) in [7, 11) is -3.63. The van der Waals surface area contributed by atoms with Gasteiger partial charge in [-0.05, 0) is 49.1 Å². The predicted molar refractivity (Wildman–Crippen MR) is 127 cm³/mol. The Morgan fingerprint density at radius 3 is 2.36 bits per heavy atom. The molecule has 7 nitrogen and oxygen atoms in total. The van der Waals surface area contributed by atoms with Crippen LogP contribution in [0.15, 0.2) is 59.5 Å². The number of sulfonamides is 1. The largest absolute Gasteiger partial charge is 0.339 e. The molecule has 1 saturated carbocycles. The van der Waals surface area contributed by atoms with E-state index in [0.717, 1.165) is 31.2 Å². The Labute approximate surface area is 195 Å². The molecule has 0 unspecified atom stereocenters. The van der Waals surface area contributed by atoms with Crippen LogP contribution >= 0.6 is 0 Å². The maximum absolute atomic E-state index is 12.7. The molecule has 2 aromatic rings. The summed E-state index contributed by atoms with van der Waals surface area (Å²) in [6.07, 6.45) is 6.39. The van der Waals surface area contributed by atoms with Crippen LogP contribution in [0.3, 0.4) is 0 Å². The van der Waals surface area contributed by atoms with Gasteiger partial charge in [-0.2, -0.15) is 0 Å². The molecule has 0 bridgehead atoms.